The monoisotopic (exact) mass is 220 g/mol. The van der Waals surface area contributed by atoms with E-state index in [2.05, 4.69) is 24.0 Å². The molecule has 1 aromatic heterocycles. The molecule has 0 aromatic carbocycles. The molecule has 0 aliphatic rings. The van der Waals surface area contributed by atoms with Crippen LogP contribution in [0.3, 0.4) is 0 Å². The van der Waals surface area contributed by atoms with Crippen LogP contribution < -0.4 is 0 Å². The van der Waals surface area contributed by atoms with Gasteiger partial charge in [-0.25, -0.2) is 0 Å². The first-order valence-corrected chi connectivity index (χ1v) is 5.51. The van der Waals surface area contributed by atoms with Gasteiger partial charge in [-0.05, 0) is 24.9 Å². The number of aromatic nitrogens is 2. The Morgan fingerprint density at radius 2 is 2.31 bits per heavy atom. The fraction of sp³-hybridized carbons (Fsp3) is 0.750. The van der Waals surface area contributed by atoms with E-state index in [4.69, 9.17) is 16.3 Å². The lowest BCUT2D eigenvalue weighted by Crippen LogP contribution is -2.07. The molecule has 1 unspecified atom stereocenters. The average molecular weight is 221 g/mol. The number of nitrogens with zero attached hydrogens (tertiary/aromatic N) is 2. The Morgan fingerprint density at radius 1 is 1.54 bits per heavy atom. The van der Waals surface area contributed by atoms with Gasteiger partial charge in [0.05, 0.1) is 6.10 Å². The van der Waals surface area contributed by atoms with Crippen LogP contribution in [0.4, 0.5) is 0 Å². The first-order chi connectivity index (χ1) is 6.22. The summed E-state index contributed by atoms with van der Waals surface area (Å²) in [6.45, 7) is 4.72. The minimum absolute atomic E-state index is 0.285. The van der Waals surface area contributed by atoms with Crippen LogP contribution in [0, 0.1) is 0 Å². The maximum Gasteiger partial charge on any atom is 0.207 e. The van der Waals surface area contributed by atoms with Crippen LogP contribution in [0.1, 0.15) is 31.7 Å². The molecule has 13 heavy (non-hydrogen) atoms. The van der Waals surface area contributed by atoms with Crippen molar-refractivity contribution in [3.63, 3.8) is 0 Å². The highest BCUT2D eigenvalue weighted by Gasteiger charge is 2.05. The lowest BCUT2D eigenvalue weighted by atomic mass is 10.2. The van der Waals surface area contributed by atoms with Crippen molar-refractivity contribution >= 4 is 22.9 Å². The minimum atomic E-state index is 0.285. The van der Waals surface area contributed by atoms with E-state index in [0.29, 0.717) is 11.1 Å². The molecule has 5 heteroatoms. The van der Waals surface area contributed by atoms with Crippen molar-refractivity contribution in [2.75, 3.05) is 0 Å². The molecule has 0 saturated heterocycles. The predicted octanol–water partition coefficient (Wildman–Crippen LogP) is 2.90. The molecule has 1 aromatic rings. The summed E-state index contributed by atoms with van der Waals surface area (Å²) >= 11 is 6.99. The van der Waals surface area contributed by atoms with Gasteiger partial charge in [0, 0.05) is 0 Å². The molecule has 1 rings (SSSR count). The van der Waals surface area contributed by atoms with Crippen LogP contribution >= 0.6 is 22.9 Å². The smallest absolute Gasteiger partial charge is 0.207 e. The molecule has 0 aliphatic carbocycles. The van der Waals surface area contributed by atoms with Gasteiger partial charge in [-0.1, -0.05) is 24.7 Å². The van der Waals surface area contributed by atoms with E-state index in [-0.39, 0.29) is 6.10 Å². The molecule has 74 valence electrons. The largest absolute Gasteiger partial charge is 0.371 e. The molecule has 0 aliphatic heterocycles. The summed E-state index contributed by atoms with van der Waals surface area (Å²) in [5, 5.41) is 8.39. The Bertz CT molecular complexity index is 254. The second-order valence-corrected chi connectivity index (χ2v) is 4.50. The van der Waals surface area contributed by atoms with Crippen LogP contribution in [0.15, 0.2) is 0 Å². The maximum absolute atomic E-state index is 5.63. The summed E-state index contributed by atoms with van der Waals surface area (Å²) in [4.78, 5) is 0. The van der Waals surface area contributed by atoms with Gasteiger partial charge in [0.2, 0.25) is 4.47 Å². The number of halogens is 1. The third kappa shape index (κ3) is 4.02. The lowest BCUT2D eigenvalue weighted by molar-refractivity contribution is 0.0468. The fourth-order valence-corrected chi connectivity index (χ4v) is 1.78. The van der Waals surface area contributed by atoms with Gasteiger partial charge in [0.1, 0.15) is 11.6 Å². The number of ether oxygens (including phenoxy) is 1. The number of hydrogen-bond donors (Lipinski definition) is 0. The normalized spacial score (nSPS) is 13.2. The van der Waals surface area contributed by atoms with Crippen LogP contribution in [0.5, 0.6) is 0 Å². The van der Waals surface area contributed by atoms with Crippen molar-refractivity contribution in [3.05, 3.63) is 9.47 Å². The standard InChI is InChI=1S/C8H13ClN2OS/c1-3-4-6(2)12-5-7-10-11-8(9)13-7/h6H,3-5H2,1-2H3. The van der Waals surface area contributed by atoms with Crippen LogP contribution in [-0.4, -0.2) is 16.3 Å². The van der Waals surface area contributed by atoms with E-state index in [1.807, 2.05) is 0 Å². The van der Waals surface area contributed by atoms with Crippen molar-refractivity contribution in [1.82, 2.24) is 10.2 Å². The Kier molecular flexibility index (Phi) is 4.62. The fourth-order valence-electron chi connectivity index (χ4n) is 0.995. The van der Waals surface area contributed by atoms with Crippen LogP contribution in [0.2, 0.25) is 4.47 Å². The summed E-state index contributed by atoms with van der Waals surface area (Å²) in [6.07, 6.45) is 2.50. The Morgan fingerprint density at radius 3 is 2.85 bits per heavy atom. The van der Waals surface area contributed by atoms with E-state index in [0.717, 1.165) is 17.8 Å². The van der Waals surface area contributed by atoms with Gasteiger partial charge < -0.3 is 4.74 Å². The van der Waals surface area contributed by atoms with Gasteiger partial charge in [0.25, 0.3) is 0 Å². The van der Waals surface area contributed by atoms with Crippen molar-refractivity contribution in [3.8, 4) is 0 Å². The number of rotatable bonds is 5. The van der Waals surface area contributed by atoms with E-state index in [1.54, 1.807) is 0 Å². The second-order valence-electron chi connectivity index (χ2n) is 2.86. The van der Waals surface area contributed by atoms with E-state index < -0.39 is 0 Å². The molecule has 0 radical (unpaired) electrons. The highest BCUT2D eigenvalue weighted by molar-refractivity contribution is 7.15. The average Bonchev–Trinajstić information content (AvgIpc) is 2.49. The highest BCUT2D eigenvalue weighted by atomic mass is 35.5. The molecule has 0 N–H and O–H groups in total. The lowest BCUT2D eigenvalue weighted by Gasteiger charge is -2.09. The topological polar surface area (TPSA) is 35.0 Å². The molecule has 0 amide bonds. The Labute approximate surface area is 87.1 Å². The van der Waals surface area contributed by atoms with Gasteiger partial charge in [-0.2, -0.15) is 0 Å². The first kappa shape index (κ1) is 10.9. The third-order valence-corrected chi connectivity index (χ3v) is 2.62. The molecule has 1 heterocycles. The SMILES string of the molecule is CCCC(C)OCc1nnc(Cl)s1. The van der Waals surface area contributed by atoms with Gasteiger partial charge in [-0.15, -0.1) is 10.2 Å². The summed E-state index contributed by atoms with van der Waals surface area (Å²) in [6, 6.07) is 0. The maximum atomic E-state index is 5.63. The quantitative estimate of drug-likeness (QED) is 0.766. The Balaban J connectivity index is 2.26. The second kappa shape index (κ2) is 5.52. The highest BCUT2D eigenvalue weighted by Crippen LogP contribution is 2.16. The molecule has 0 bridgehead atoms. The molecular weight excluding hydrogens is 208 g/mol. The van der Waals surface area contributed by atoms with Crippen molar-refractivity contribution in [1.29, 1.82) is 0 Å². The molecule has 0 fully saturated rings. The van der Waals surface area contributed by atoms with Gasteiger partial charge in [-0.3, -0.25) is 0 Å². The number of hydrogen-bond acceptors (Lipinski definition) is 4. The van der Waals surface area contributed by atoms with Crippen molar-refractivity contribution in [2.45, 2.75) is 39.4 Å². The molecule has 1 atom stereocenters. The summed E-state index contributed by atoms with van der Waals surface area (Å²) in [5.41, 5.74) is 0. The summed E-state index contributed by atoms with van der Waals surface area (Å²) in [7, 11) is 0. The van der Waals surface area contributed by atoms with E-state index in [9.17, 15) is 0 Å². The minimum Gasteiger partial charge on any atom is -0.371 e. The molecule has 0 spiro atoms. The predicted molar refractivity (Wildman–Crippen MR) is 54.1 cm³/mol. The molecule has 3 nitrogen and oxygen atoms in total. The molecule has 0 saturated carbocycles. The van der Waals surface area contributed by atoms with E-state index >= 15 is 0 Å². The van der Waals surface area contributed by atoms with Crippen LogP contribution in [0.25, 0.3) is 0 Å². The molecular formula is C8H13ClN2OS. The Hall–Kier alpha value is -0.190. The zero-order chi connectivity index (χ0) is 9.68. The summed E-state index contributed by atoms with van der Waals surface area (Å²) < 4.78 is 6.00. The van der Waals surface area contributed by atoms with Crippen LogP contribution in [-0.2, 0) is 11.3 Å². The van der Waals surface area contributed by atoms with Gasteiger partial charge in [0.15, 0.2) is 0 Å². The summed E-state index contributed by atoms with van der Waals surface area (Å²) in [5.74, 6) is 0. The van der Waals surface area contributed by atoms with Gasteiger partial charge >= 0.3 is 0 Å². The third-order valence-electron chi connectivity index (χ3n) is 1.63. The zero-order valence-corrected chi connectivity index (χ0v) is 9.36. The van der Waals surface area contributed by atoms with E-state index in [1.165, 1.54) is 11.3 Å². The van der Waals surface area contributed by atoms with Crippen molar-refractivity contribution < 1.29 is 4.74 Å². The first-order valence-electron chi connectivity index (χ1n) is 4.32. The zero-order valence-electron chi connectivity index (χ0n) is 7.79. The van der Waals surface area contributed by atoms with Crippen molar-refractivity contribution in [2.24, 2.45) is 0 Å².